The summed E-state index contributed by atoms with van der Waals surface area (Å²) >= 11 is 0. The van der Waals surface area contributed by atoms with Crippen LogP contribution in [0.15, 0.2) is 23.8 Å². The van der Waals surface area contributed by atoms with Gasteiger partial charge in [0, 0.05) is 30.8 Å². The molecule has 5 nitrogen and oxygen atoms in total. The molecule has 2 aliphatic carbocycles. The predicted octanol–water partition coefficient (Wildman–Crippen LogP) is 1.75. The van der Waals surface area contributed by atoms with Gasteiger partial charge in [-0.2, -0.15) is 0 Å². The summed E-state index contributed by atoms with van der Waals surface area (Å²) in [7, 11) is 0. The summed E-state index contributed by atoms with van der Waals surface area (Å²) in [4.78, 5) is 23.1. The number of ether oxygens (including phenoxy) is 2. The second kappa shape index (κ2) is 4.95. The Morgan fingerprint density at radius 2 is 2.23 bits per heavy atom. The molecule has 0 aromatic rings. The van der Waals surface area contributed by atoms with Crippen molar-refractivity contribution in [3.63, 3.8) is 0 Å². The lowest BCUT2D eigenvalue weighted by Gasteiger charge is -2.30. The van der Waals surface area contributed by atoms with Gasteiger partial charge in [0.2, 0.25) is 0 Å². The molecule has 1 heterocycles. The third-order valence-electron chi connectivity index (χ3n) is 5.37. The molecule has 2 unspecified atom stereocenters. The zero-order chi connectivity index (χ0) is 16.2. The molecule has 0 radical (unpaired) electrons. The highest BCUT2D eigenvalue weighted by atomic mass is 16.6. The zero-order valence-electron chi connectivity index (χ0n) is 13.2. The summed E-state index contributed by atoms with van der Waals surface area (Å²) in [5.41, 5.74) is 0.534. The lowest BCUT2D eigenvalue weighted by Crippen LogP contribution is -2.33. The van der Waals surface area contributed by atoms with Crippen molar-refractivity contribution >= 4 is 11.9 Å². The van der Waals surface area contributed by atoms with Gasteiger partial charge in [0.1, 0.15) is 12.2 Å². The Labute approximate surface area is 130 Å². The lowest BCUT2D eigenvalue weighted by atomic mass is 9.78. The van der Waals surface area contributed by atoms with Gasteiger partial charge in [-0.25, -0.2) is 4.79 Å². The van der Waals surface area contributed by atoms with Crippen molar-refractivity contribution in [2.24, 2.45) is 17.8 Å². The number of fused-ring (bicyclic) bond motifs is 2. The van der Waals surface area contributed by atoms with Crippen molar-refractivity contribution < 1.29 is 24.2 Å². The molecule has 2 fully saturated rings. The van der Waals surface area contributed by atoms with Crippen molar-refractivity contribution in [3.05, 3.63) is 23.8 Å². The first-order chi connectivity index (χ1) is 10.2. The number of hydrogen-bond acceptors (Lipinski definition) is 5. The highest BCUT2D eigenvalue weighted by Gasteiger charge is 2.55. The largest absolute Gasteiger partial charge is 0.462 e. The number of esters is 2. The van der Waals surface area contributed by atoms with Crippen molar-refractivity contribution in [1.82, 2.24) is 0 Å². The number of carbonyl (C=O) groups excluding carboxylic acids is 2. The van der Waals surface area contributed by atoms with E-state index in [1.807, 2.05) is 13.0 Å². The van der Waals surface area contributed by atoms with Gasteiger partial charge in [0.05, 0.1) is 5.60 Å². The first kappa shape index (κ1) is 15.3. The monoisotopic (exact) mass is 306 g/mol. The molecule has 0 spiro atoms. The summed E-state index contributed by atoms with van der Waals surface area (Å²) in [6.07, 6.45) is 2.30. The highest BCUT2D eigenvalue weighted by molar-refractivity contribution is 5.91. The Morgan fingerprint density at radius 1 is 1.55 bits per heavy atom. The normalized spacial score (nSPS) is 43.8. The van der Waals surface area contributed by atoms with Crippen LogP contribution in [0.25, 0.3) is 0 Å². The summed E-state index contributed by atoms with van der Waals surface area (Å²) in [5.74, 6) is -0.938. The Kier molecular flexibility index (Phi) is 3.44. The van der Waals surface area contributed by atoms with Crippen LogP contribution < -0.4 is 0 Å². The van der Waals surface area contributed by atoms with Crippen LogP contribution in [0.2, 0.25) is 0 Å². The number of carbonyl (C=O) groups is 2. The molecule has 22 heavy (non-hydrogen) atoms. The van der Waals surface area contributed by atoms with Gasteiger partial charge in [0.25, 0.3) is 0 Å². The molecule has 3 aliphatic rings. The third-order valence-corrected chi connectivity index (χ3v) is 5.37. The van der Waals surface area contributed by atoms with Crippen molar-refractivity contribution in [3.8, 4) is 0 Å². The molecule has 0 aromatic heterocycles. The van der Waals surface area contributed by atoms with E-state index in [1.54, 1.807) is 6.92 Å². The van der Waals surface area contributed by atoms with E-state index in [4.69, 9.17) is 9.47 Å². The first-order valence-corrected chi connectivity index (χ1v) is 7.68. The molecule has 1 saturated heterocycles. The van der Waals surface area contributed by atoms with Gasteiger partial charge in [-0.3, -0.25) is 4.79 Å². The van der Waals surface area contributed by atoms with E-state index in [-0.39, 0.29) is 41.9 Å². The van der Waals surface area contributed by atoms with Crippen LogP contribution in [0.1, 0.15) is 33.6 Å². The van der Waals surface area contributed by atoms with E-state index in [1.165, 1.54) is 6.92 Å². The second-order valence-corrected chi connectivity index (χ2v) is 6.99. The smallest absolute Gasteiger partial charge is 0.334 e. The zero-order valence-corrected chi connectivity index (χ0v) is 13.2. The molecule has 120 valence electrons. The van der Waals surface area contributed by atoms with Crippen molar-refractivity contribution in [2.45, 2.75) is 51.4 Å². The van der Waals surface area contributed by atoms with E-state index in [0.717, 1.165) is 5.57 Å². The van der Waals surface area contributed by atoms with Gasteiger partial charge in [0.15, 0.2) is 0 Å². The SMILES string of the molecule is C=C1C(=O)OC2C=C(C)C3[C@@H](OC(C)=O)C[C@@](C)(O)[C@@H]3C[C@H]12. The quantitative estimate of drug-likeness (QED) is 0.454. The van der Waals surface area contributed by atoms with E-state index in [2.05, 4.69) is 6.58 Å². The molecular weight excluding hydrogens is 284 g/mol. The van der Waals surface area contributed by atoms with Gasteiger partial charge < -0.3 is 14.6 Å². The van der Waals surface area contributed by atoms with Crippen LogP contribution in [0.3, 0.4) is 0 Å². The van der Waals surface area contributed by atoms with E-state index < -0.39 is 5.60 Å². The topological polar surface area (TPSA) is 72.8 Å². The minimum Gasteiger partial charge on any atom is -0.462 e. The standard InChI is InChI=1S/C17H22O5/c1-8-5-13-11(9(2)16(19)22-13)6-12-15(8)14(21-10(3)18)7-17(12,4)20/h5,11-15,20H,2,6-7H2,1,3-4H3/t11-,12-,13?,14+,15?,17-/m1/s1. The van der Waals surface area contributed by atoms with E-state index in [0.29, 0.717) is 18.4 Å². The van der Waals surface area contributed by atoms with Gasteiger partial charge in [-0.15, -0.1) is 0 Å². The number of aliphatic hydroxyl groups is 1. The van der Waals surface area contributed by atoms with Gasteiger partial charge >= 0.3 is 11.9 Å². The van der Waals surface area contributed by atoms with Crippen molar-refractivity contribution in [2.75, 3.05) is 0 Å². The molecule has 6 atom stereocenters. The summed E-state index contributed by atoms with van der Waals surface area (Å²) < 4.78 is 10.8. The minimum absolute atomic E-state index is 0.0454. The maximum Gasteiger partial charge on any atom is 0.334 e. The molecule has 0 bridgehead atoms. The summed E-state index contributed by atoms with van der Waals surface area (Å²) in [6.45, 7) is 8.96. The number of hydrogen-bond donors (Lipinski definition) is 1. The molecular formula is C17H22O5. The Bertz CT molecular complexity index is 574. The van der Waals surface area contributed by atoms with Crippen LogP contribution >= 0.6 is 0 Å². The van der Waals surface area contributed by atoms with Crippen LogP contribution in [0.5, 0.6) is 0 Å². The lowest BCUT2D eigenvalue weighted by molar-refractivity contribution is -0.148. The van der Waals surface area contributed by atoms with Crippen LogP contribution in [0.4, 0.5) is 0 Å². The fraction of sp³-hybridized carbons (Fsp3) is 0.647. The second-order valence-electron chi connectivity index (χ2n) is 6.99. The number of rotatable bonds is 1. The molecule has 1 aliphatic heterocycles. The van der Waals surface area contributed by atoms with E-state index in [9.17, 15) is 14.7 Å². The van der Waals surface area contributed by atoms with Crippen LogP contribution in [-0.2, 0) is 19.1 Å². The van der Waals surface area contributed by atoms with Crippen LogP contribution in [0, 0.1) is 17.8 Å². The summed E-state index contributed by atoms with van der Waals surface area (Å²) in [5, 5.41) is 10.8. The minimum atomic E-state index is -0.944. The average molecular weight is 306 g/mol. The Balaban J connectivity index is 1.98. The Morgan fingerprint density at radius 3 is 2.86 bits per heavy atom. The molecule has 3 rings (SSSR count). The molecule has 5 heteroatoms. The average Bonchev–Trinajstić information content (AvgIpc) is 2.71. The maximum atomic E-state index is 11.7. The van der Waals surface area contributed by atoms with Gasteiger partial charge in [-0.05, 0) is 32.3 Å². The molecule has 1 N–H and O–H groups in total. The fourth-order valence-corrected chi connectivity index (χ4v) is 4.37. The van der Waals surface area contributed by atoms with Crippen LogP contribution in [-0.4, -0.2) is 34.9 Å². The molecule has 0 aromatic carbocycles. The summed E-state index contributed by atoms with van der Waals surface area (Å²) in [6, 6.07) is 0. The third kappa shape index (κ3) is 2.28. The predicted molar refractivity (Wildman–Crippen MR) is 78.7 cm³/mol. The van der Waals surface area contributed by atoms with Gasteiger partial charge in [-0.1, -0.05) is 12.2 Å². The van der Waals surface area contributed by atoms with E-state index >= 15 is 0 Å². The highest BCUT2D eigenvalue weighted by Crippen LogP contribution is 2.52. The first-order valence-electron chi connectivity index (χ1n) is 7.68. The van der Waals surface area contributed by atoms with Crippen molar-refractivity contribution in [1.29, 1.82) is 0 Å². The fourth-order valence-electron chi connectivity index (χ4n) is 4.37. The maximum absolute atomic E-state index is 11.7. The molecule has 1 saturated carbocycles. The molecule has 0 amide bonds. The Hall–Kier alpha value is -1.62.